The van der Waals surface area contributed by atoms with Gasteiger partial charge in [-0.15, -0.1) is 0 Å². The second-order valence-corrected chi connectivity index (χ2v) is 4.55. The van der Waals surface area contributed by atoms with Crippen molar-refractivity contribution in [3.05, 3.63) is 16.9 Å². The summed E-state index contributed by atoms with van der Waals surface area (Å²) < 4.78 is 1.87. The zero-order chi connectivity index (χ0) is 12.0. The van der Waals surface area contributed by atoms with Gasteiger partial charge in [-0.3, -0.25) is 4.68 Å². The van der Waals surface area contributed by atoms with Crippen LogP contribution >= 0.6 is 11.6 Å². The summed E-state index contributed by atoms with van der Waals surface area (Å²) in [6, 6.07) is 0.598. The van der Waals surface area contributed by atoms with Gasteiger partial charge in [0.05, 0.1) is 16.9 Å². The molecule has 1 aromatic rings. The van der Waals surface area contributed by atoms with Gasteiger partial charge in [-0.25, -0.2) is 0 Å². The Morgan fingerprint density at radius 2 is 2.19 bits per heavy atom. The van der Waals surface area contributed by atoms with E-state index in [-0.39, 0.29) is 0 Å². The second kappa shape index (κ2) is 6.92. The van der Waals surface area contributed by atoms with Gasteiger partial charge in [0.25, 0.3) is 0 Å². The Labute approximate surface area is 103 Å². The summed E-state index contributed by atoms with van der Waals surface area (Å²) in [7, 11) is 1.95. The van der Waals surface area contributed by atoms with Crippen LogP contribution in [-0.2, 0) is 13.5 Å². The van der Waals surface area contributed by atoms with Gasteiger partial charge >= 0.3 is 0 Å². The van der Waals surface area contributed by atoms with E-state index in [0.29, 0.717) is 6.04 Å². The number of aromatic nitrogens is 2. The average molecular weight is 244 g/mol. The maximum absolute atomic E-state index is 6.08. The van der Waals surface area contributed by atoms with Gasteiger partial charge in [0, 0.05) is 13.1 Å². The molecule has 0 saturated heterocycles. The molecule has 16 heavy (non-hydrogen) atoms. The minimum absolute atomic E-state index is 0.598. The Hall–Kier alpha value is -0.540. The lowest BCUT2D eigenvalue weighted by molar-refractivity contribution is 0.454. The zero-order valence-electron chi connectivity index (χ0n) is 10.5. The molecule has 0 amide bonds. The summed E-state index contributed by atoms with van der Waals surface area (Å²) in [6.07, 6.45) is 6.28. The van der Waals surface area contributed by atoms with Crippen LogP contribution < -0.4 is 5.32 Å². The first-order valence-corrected chi connectivity index (χ1v) is 6.46. The van der Waals surface area contributed by atoms with Crippen molar-refractivity contribution in [2.45, 2.75) is 45.6 Å². The highest BCUT2D eigenvalue weighted by atomic mass is 35.5. The van der Waals surface area contributed by atoms with Crippen molar-refractivity contribution in [2.75, 3.05) is 6.54 Å². The third-order valence-corrected chi connectivity index (χ3v) is 3.19. The van der Waals surface area contributed by atoms with Crippen molar-refractivity contribution < 1.29 is 0 Å². The van der Waals surface area contributed by atoms with Gasteiger partial charge in [-0.2, -0.15) is 5.10 Å². The Morgan fingerprint density at radius 3 is 2.69 bits per heavy atom. The minimum Gasteiger partial charge on any atom is -0.314 e. The largest absolute Gasteiger partial charge is 0.314 e. The fourth-order valence-electron chi connectivity index (χ4n) is 2.01. The molecule has 0 bridgehead atoms. The molecule has 1 aromatic heterocycles. The zero-order valence-corrected chi connectivity index (χ0v) is 11.2. The van der Waals surface area contributed by atoms with Crippen LogP contribution in [0.15, 0.2) is 6.20 Å². The monoisotopic (exact) mass is 243 g/mol. The lowest BCUT2D eigenvalue weighted by Crippen LogP contribution is -2.29. The summed E-state index contributed by atoms with van der Waals surface area (Å²) in [4.78, 5) is 0. The van der Waals surface area contributed by atoms with Crippen LogP contribution in [0.25, 0.3) is 0 Å². The summed E-state index contributed by atoms with van der Waals surface area (Å²) in [6.45, 7) is 5.41. The normalized spacial score (nSPS) is 13.0. The average Bonchev–Trinajstić information content (AvgIpc) is 2.56. The third kappa shape index (κ3) is 3.80. The van der Waals surface area contributed by atoms with Crippen molar-refractivity contribution in [2.24, 2.45) is 7.05 Å². The van der Waals surface area contributed by atoms with E-state index in [1.165, 1.54) is 12.8 Å². The first-order chi connectivity index (χ1) is 7.69. The quantitative estimate of drug-likeness (QED) is 0.798. The van der Waals surface area contributed by atoms with Gasteiger partial charge in [-0.05, 0) is 25.8 Å². The predicted molar refractivity (Wildman–Crippen MR) is 68.9 cm³/mol. The highest BCUT2D eigenvalue weighted by Gasteiger charge is 2.10. The van der Waals surface area contributed by atoms with E-state index in [1.54, 1.807) is 6.20 Å². The molecule has 1 unspecified atom stereocenters. The summed E-state index contributed by atoms with van der Waals surface area (Å²) in [5.74, 6) is 0. The number of rotatable bonds is 7. The molecule has 0 fully saturated rings. The Morgan fingerprint density at radius 1 is 1.44 bits per heavy atom. The van der Waals surface area contributed by atoms with Gasteiger partial charge < -0.3 is 5.32 Å². The molecule has 3 nitrogen and oxygen atoms in total. The van der Waals surface area contributed by atoms with E-state index < -0.39 is 0 Å². The van der Waals surface area contributed by atoms with Gasteiger partial charge in [0.2, 0.25) is 0 Å². The molecule has 0 aliphatic heterocycles. The Kier molecular flexibility index (Phi) is 5.85. The number of nitrogens with one attached hydrogen (secondary N) is 1. The van der Waals surface area contributed by atoms with Crippen LogP contribution in [0.5, 0.6) is 0 Å². The van der Waals surface area contributed by atoms with Crippen molar-refractivity contribution in [3.8, 4) is 0 Å². The first kappa shape index (κ1) is 13.5. The molecule has 0 aromatic carbocycles. The number of hydrogen-bond acceptors (Lipinski definition) is 2. The molecular weight excluding hydrogens is 222 g/mol. The molecule has 0 saturated carbocycles. The van der Waals surface area contributed by atoms with E-state index in [4.69, 9.17) is 11.6 Å². The van der Waals surface area contributed by atoms with Crippen LogP contribution in [0.2, 0.25) is 5.02 Å². The Balaban J connectivity index is 2.48. The lowest BCUT2D eigenvalue weighted by Gasteiger charge is -2.16. The molecule has 1 heterocycles. The van der Waals surface area contributed by atoms with E-state index in [2.05, 4.69) is 24.3 Å². The van der Waals surface area contributed by atoms with Gasteiger partial charge in [0.1, 0.15) is 0 Å². The van der Waals surface area contributed by atoms with Gasteiger partial charge in [0.15, 0.2) is 0 Å². The molecule has 0 aliphatic rings. The highest BCUT2D eigenvalue weighted by Crippen LogP contribution is 2.17. The summed E-state index contributed by atoms with van der Waals surface area (Å²) in [5.41, 5.74) is 1.14. The fourth-order valence-corrected chi connectivity index (χ4v) is 2.27. The number of aryl methyl sites for hydroxylation is 1. The Bertz CT molecular complexity index is 284. The number of nitrogens with zero attached hydrogens (tertiary/aromatic N) is 2. The number of halogens is 1. The van der Waals surface area contributed by atoms with Crippen molar-refractivity contribution >= 4 is 11.6 Å². The van der Waals surface area contributed by atoms with Crippen LogP contribution in [0.4, 0.5) is 0 Å². The van der Waals surface area contributed by atoms with Crippen molar-refractivity contribution in [1.82, 2.24) is 15.1 Å². The smallest absolute Gasteiger partial charge is 0.0817 e. The summed E-state index contributed by atoms with van der Waals surface area (Å²) in [5, 5.41) is 8.45. The molecule has 0 aliphatic carbocycles. The van der Waals surface area contributed by atoms with E-state index in [1.807, 2.05) is 11.7 Å². The molecule has 4 heteroatoms. The van der Waals surface area contributed by atoms with Crippen LogP contribution in [-0.4, -0.2) is 22.4 Å². The van der Waals surface area contributed by atoms with Crippen molar-refractivity contribution in [1.29, 1.82) is 0 Å². The lowest BCUT2D eigenvalue weighted by atomic mass is 10.0. The number of hydrogen-bond donors (Lipinski definition) is 1. The SMILES string of the molecule is CCCC(CCc1c(Cl)cnn1C)NCC. The van der Waals surface area contributed by atoms with E-state index >= 15 is 0 Å². The standard InChI is InChI=1S/C12H22ClN3/c1-4-6-10(14-5-2)7-8-12-11(13)9-15-16(12)3/h9-10,14H,4-8H2,1-3H3. The molecule has 0 radical (unpaired) electrons. The summed E-state index contributed by atoms with van der Waals surface area (Å²) >= 11 is 6.08. The van der Waals surface area contributed by atoms with Crippen LogP contribution in [0, 0.1) is 0 Å². The highest BCUT2D eigenvalue weighted by molar-refractivity contribution is 6.31. The van der Waals surface area contributed by atoms with Crippen molar-refractivity contribution in [3.63, 3.8) is 0 Å². The molecule has 0 spiro atoms. The first-order valence-electron chi connectivity index (χ1n) is 6.08. The maximum atomic E-state index is 6.08. The van der Waals surface area contributed by atoms with Crippen LogP contribution in [0.3, 0.4) is 0 Å². The molecule has 1 atom stereocenters. The van der Waals surface area contributed by atoms with E-state index in [9.17, 15) is 0 Å². The topological polar surface area (TPSA) is 29.9 Å². The molecule has 1 rings (SSSR count). The van der Waals surface area contributed by atoms with E-state index in [0.717, 1.165) is 30.1 Å². The van der Waals surface area contributed by atoms with Crippen LogP contribution in [0.1, 0.15) is 38.8 Å². The second-order valence-electron chi connectivity index (χ2n) is 4.14. The third-order valence-electron chi connectivity index (χ3n) is 2.87. The molecular formula is C12H22ClN3. The predicted octanol–water partition coefficient (Wildman–Crippen LogP) is 2.78. The fraction of sp³-hybridized carbons (Fsp3) is 0.750. The maximum Gasteiger partial charge on any atom is 0.0817 e. The van der Waals surface area contributed by atoms with Gasteiger partial charge in [-0.1, -0.05) is 31.9 Å². The molecule has 92 valence electrons. The molecule has 1 N–H and O–H groups in total. The minimum atomic E-state index is 0.598.